The van der Waals surface area contributed by atoms with Crippen molar-refractivity contribution in [1.29, 1.82) is 0 Å². The summed E-state index contributed by atoms with van der Waals surface area (Å²) >= 11 is 1.56. The lowest BCUT2D eigenvalue weighted by atomic mass is 10.0. The number of aromatic nitrogens is 4. The van der Waals surface area contributed by atoms with Crippen molar-refractivity contribution < 1.29 is 5.21 Å². The summed E-state index contributed by atoms with van der Waals surface area (Å²) in [5.74, 6) is 0. The molecule has 0 aromatic carbocycles. The number of hydrogen-bond donors (Lipinski definition) is 1. The van der Waals surface area contributed by atoms with Crippen LogP contribution in [-0.2, 0) is 7.05 Å². The second-order valence-electron chi connectivity index (χ2n) is 3.87. The van der Waals surface area contributed by atoms with Gasteiger partial charge in [-0.05, 0) is 36.1 Å². The molecule has 1 atom stereocenters. The highest BCUT2D eigenvalue weighted by Crippen LogP contribution is 2.27. The Labute approximate surface area is 104 Å². The predicted molar refractivity (Wildman–Crippen MR) is 65.3 cm³/mol. The maximum atomic E-state index is 9.07. The first-order valence-corrected chi connectivity index (χ1v) is 6.44. The first-order chi connectivity index (χ1) is 8.31. The summed E-state index contributed by atoms with van der Waals surface area (Å²) in [7, 11) is 1.81. The molecule has 17 heavy (non-hydrogen) atoms. The van der Waals surface area contributed by atoms with Crippen LogP contribution in [0.5, 0.6) is 0 Å². The SMILES string of the molecule is Cn1nnnc1S[C@H]1CCC=CCC/C1=N\O. The highest BCUT2D eigenvalue weighted by atomic mass is 32.2. The molecular weight excluding hydrogens is 238 g/mol. The quantitative estimate of drug-likeness (QED) is 0.492. The lowest BCUT2D eigenvalue weighted by Crippen LogP contribution is -2.19. The lowest BCUT2D eigenvalue weighted by molar-refractivity contribution is 0.316. The van der Waals surface area contributed by atoms with Crippen molar-refractivity contribution in [3.63, 3.8) is 0 Å². The van der Waals surface area contributed by atoms with E-state index in [0.29, 0.717) is 0 Å². The minimum Gasteiger partial charge on any atom is -0.411 e. The Morgan fingerprint density at radius 3 is 3.00 bits per heavy atom. The molecule has 7 heteroatoms. The summed E-state index contributed by atoms with van der Waals surface area (Å²) in [5.41, 5.74) is 0.822. The largest absolute Gasteiger partial charge is 0.411 e. The first kappa shape index (κ1) is 12.1. The van der Waals surface area contributed by atoms with Crippen LogP contribution in [0.25, 0.3) is 0 Å². The van der Waals surface area contributed by atoms with E-state index in [4.69, 9.17) is 5.21 Å². The molecule has 0 amide bonds. The van der Waals surface area contributed by atoms with Crippen LogP contribution >= 0.6 is 11.8 Å². The van der Waals surface area contributed by atoms with E-state index in [1.165, 1.54) is 0 Å². The van der Waals surface area contributed by atoms with E-state index in [9.17, 15) is 0 Å². The molecule has 0 unspecified atom stereocenters. The van der Waals surface area contributed by atoms with Crippen molar-refractivity contribution in [2.75, 3.05) is 0 Å². The van der Waals surface area contributed by atoms with Gasteiger partial charge in [0.1, 0.15) is 0 Å². The van der Waals surface area contributed by atoms with E-state index >= 15 is 0 Å². The van der Waals surface area contributed by atoms with E-state index in [-0.39, 0.29) is 5.25 Å². The normalized spacial score (nSPS) is 23.6. The number of rotatable bonds is 2. The zero-order valence-corrected chi connectivity index (χ0v) is 10.5. The first-order valence-electron chi connectivity index (χ1n) is 5.56. The maximum Gasteiger partial charge on any atom is 0.209 e. The summed E-state index contributed by atoms with van der Waals surface area (Å²) in [6.45, 7) is 0. The fourth-order valence-corrected chi connectivity index (χ4v) is 2.81. The summed E-state index contributed by atoms with van der Waals surface area (Å²) < 4.78 is 1.63. The molecule has 2 rings (SSSR count). The van der Waals surface area contributed by atoms with Crippen molar-refractivity contribution >= 4 is 17.5 Å². The molecule has 6 nitrogen and oxygen atoms in total. The van der Waals surface area contributed by atoms with Gasteiger partial charge in [0, 0.05) is 7.05 Å². The fraction of sp³-hybridized carbons (Fsp3) is 0.600. The van der Waals surface area contributed by atoms with Gasteiger partial charge in [0.15, 0.2) is 0 Å². The molecule has 1 N–H and O–H groups in total. The summed E-state index contributed by atoms with van der Waals surface area (Å²) in [6, 6.07) is 0. The van der Waals surface area contributed by atoms with Gasteiger partial charge in [0.25, 0.3) is 0 Å². The third kappa shape index (κ3) is 3.06. The smallest absolute Gasteiger partial charge is 0.209 e. The predicted octanol–water partition coefficient (Wildman–Crippen LogP) is 1.63. The summed E-state index contributed by atoms with van der Waals surface area (Å²) in [5, 5.41) is 24.7. The molecule has 0 radical (unpaired) electrons. The molecule has 0 spiro atoms. The molecule has 0 aliphatic heterocycles. The summed E-state index contributed by atoms with van der Waals surface area (Å²) in [4.78, 5) is 0. The van der Waals surface area contributed by atoms with E-state index < -0.39 is 0 Å². The molecule has 1 aliphatic rings. The van der Waals surface area contributed by atoms with Crippen LogP contribution in [0, 0.1) is 0 Å². The van der Waals surface area contributed by atoms with Gasteiger partial charge in [0.05, 0.1) is 11.0 Å². The van der Waals surface area contributed by atoms with Gasteiger partial charge in [-0.25, -0.2) is 4.68 Å². The van der Waals surface area contributed by atoms with Gasteiger partial charge in [-0.1, -0.05) is 29.1 Å². The molecule has 1 aromatic heterocycles. The molecule has 1 aliphatic carbocycles. The maximum absolute atomic E-state index is 9.07. The van der Waals surface area contributed by atoms with Gasteiger partial charge in [-0.3, -0.25) is 0 Å². The third-order valence-corrected chi connectivity index (χ3v) is 4.01. The van der Waals surface area contributed by atoms with Crippen molar-refractivity contribution in [2.24, 2.45) is 12.2 Å². The Bertz CT molecular complexity index is 428. The van der Waals surface area contributed by atoms with Gasteiger partial charge in [-0.15, -0.1) is 5.10 Å². The monoisotopic (exact) mass is 253 g/mol. The van der Waals surface area contributed by atoms with Crippen molar-refractivity contribution in [2.45, 2.75) is 36.1 Å². The highest BCUT2D eigenvalue weighted by molar-refractivity contribution is 8.00. The Kier molecular flexibility index (Phi) is 4.13. The number of oxime groups is 1. The zero-order chi connectivity index (χ0) is 12.1. The summed E-state index contributed by atoms with van der Waals surface area (Å²) in [6.07, 6.45) is 7.95. The van der Waals surface area contributed by atoms with Crippen molar-refractivity contribution in [3.8, 4) is 0 Å². The van der Waals surface area contributed by atoms with Crippen LogP contribution in [0.15, 0.2) is 22.5 Å². The minimum absolute atomic E-state index is 0.148. The number of allylic oxidation sites excluding steroid dienone is 2. The third-order valence-electron chi connectivity index (χ3n) is 2.66. The standard InChI is InChI=1S/C10H15N5OS/c1-15-10(11-13-14-15)17-9-7-5-3-2-4-6-8(9)12-16/h2-3,9,16H,4-7H2,1H3/b3-2?,12-8+/t9-/m0/s1. The van der Waals surface area contributed by atoms with E-state index in [2.05, 4.69) is 32.8 Å². The van der Waals surface area contributed by atoms with Gasteiger partial charge < -0.3 is 5.21 Å². The number of aryl methyl sites for hydroxylation is 1. The van der Waals surface area contributed by atoms with Crippen LogP contribution in [0.3, 0.4) is 0 Å². The van der Waals surface area contributed by atoms with Gasteiger partial charge in [-0.2, -0.15) is 0 Å². The fourth-order valence-electron chi connectivity index (χ4n) is 1.73. The van der Waals surface area contributed by atoms with E-state index in [1.807, 2.05) is 0 Å². The Morgan fingerprint density at radius 1 is 1.47 bits per heavy atom. The van der Waals surface area contributed by atoms with Crippen LogP contribution in [0.2, 0.25) is 0 Å². The van der Waals surface area contributed by atoms with Crippen LogP contribution in [-0.4, -0.2) is 36.4 Å². The molecule has 0 saturated carbocycles. The molecule has 1 aromatic rings. The Hall–Kier alpha value is -1.37. The average Bonchev–Trinajstić information content (AvgIpc) is 2.69. The lowest BCUT2D eigenvalue weighted by Gasteiger charge is -2.17. The van der Waals surface area contributed by atoms with Gasteiger partial charge in [0.2, 0.25) is 5.16 Å². The molecule has 0 bridgehead atoms. The topological polar surface area (TPSA) is 76.2 Å². The Balaban J connectivity index is 2.11. The van der Waals surface area contributed by atoms with E-state index in [0.717, 1.165) is 36.6 Å². The second kappa shape index (κ2) is 5.81. The molecule has 92 valence electrons. The number of tetrazole rings is 1. The minimum atomic E-state index is 0.148. The van der Waals surface area contributed by atoms with E-state index in [1.54, 1.807) is 23.5 Å². The molecule has 0 saturated heterocycles. The highest BCUT2D eigenvalue weighted by Gasteiger charge is 2.21. The van der Waals surface area contributed by atoms with Crippen LogP contribution in [0.1, 0.15) is 25.7 Å². The van der Waals surface area contributed by atoms with Crippen molar-refractivity contribution in [1.82, 2.24) is 20.2 Å². The molecule has 1 heterocycles. The van der Waals surface area contributed by atoms with Crippen molar-refractivity contribution in [3.05, 3.63) is 12.2 Å². The molecular formula is C10H15N5OS. The Morgan fingerprint density at radius 2 is 2.29 bits per heavy atom. The van der Waals surface area contributed by atoms with Crippen LogP contribution < -0.4 is 0 Å². The zero-order valence-electron chi connectivity index (χ0n) is 9.65. The van der Waals surface area contributed by atoms with Crippen LogP contribution in [0.4, 0.5) is 0 Å². The average molecular weight is 253 g/mol. The number of nitrogens with zero attached hydrogens (tertiary/aromatic N) is 5. The van der Waals surface area contributed by atoms with Gasteiger partial charge >= 0.3 is 0 Å². The molecule has 0 fully saturated rings. The number of hydrogen-bond acceptors (Lipinski definition) is 6. The second-order valence-corrected chi connectivity index (χ2v) is 5.04. The number of thioether (sulfide) groups is 1.